The van der Waals surface area contributed by atoms with Crippen molar-refractivity contribution in [1.29, 1.82) is 0 Å². The number of carbonyl (C=O) groups is 1. The van der Waals surface area contributed by atoms with Gasteiger partial charge in [-0.3, -0.25) is 4.79 Å². The molecule has 0 fully saturated rings. The van der Waals surface area contributed by atoms with Crippen LogP contribution in [-0.4, -0.2) is 39.7 Å². The van der Waals surface area contributed by atoms with Crippen molar-refractivity contribution in [3.63, 3.8) is 0 Å². The minimum absolute atomic E-state index is 0.0250. The molecule has 1 heterocycles. The van der Waals surface area contributed by atoms with Crippen LogP contribution in [0.4, 0.5) is 0 Å². The maximum Gasteiger partial charge on any atom is 0.270 e. The summed E-state index contributed by atoms with van der Waals surface area (Å²) < 4.78 is 1.84. The van der Waals surface area contributed by atoms with E-state index in [4.69, 9.17) is 11.6 Å². The number of nitrogens with zero attached hydrogens (tertiary/aromatic N) is 2. The molecule has 0 aliphatic rings. The van der Waals surface area contributed by atoms with E-state index in [1.807, 2.05) is 11.5 Å². The zero-order valence-corrected chi connectivity index (χ0v) is 12.7. The molecule has 1 aromatic rings. The summed E-state index contributed by atoms with van der Waals surface area (Å²) in [6.45, 7) is 7.11. The molecule has 0 saturated carbocycles. The summed E-state index contributed by atoms with van der Waals surface area (Å²) in [5, 5.41) is 9.75. The number of hydrogen-bond acceptors (Lipinski definition) is 2. The summed E-state index contributed by atoms with van der Waals surface area (Å²) in [5.41, 5.74) is 0.591. The lowest BCUT2D eigenvalue weighted by molar-refractivity contribution is 0.0611. The van der Waals surface area contributed by atoms with Gasteiger partial charge in [0.1, 0.15) is 5.69 Å². The van der Waals surface area contributed by atoms with E-state index < -0.39 is 0 Å². The molecule has 1 aromatic heterocycles. The molecule has 0 spiro atoms. The number of aryl methyl sites for hydroxylation is 1. The molecule has 0 atom stereocenters. The van der Waals surface area contributed by atoms with Crippen molar-refractivity contribution < 1.29 is 9.90 Å². The second kappa shape index (κ2) is 7.56. The smallest absolute Gasteiger partial charge is 0.270 e. The number of aliphatic hydroxyl groups is 1. The van der Waals surface area contributed by atoms with Crippen LogP contribution >= 0.6 is 11.6 Å². The first-order chi connectivity index (χ1) is 9.08. The van der Waals surface area contributed by atoms with Gasteiger partial charge < -0.3 is 14.6 Å². The molecule has 0 radical (unpaired) electrons. The van der Waals surface area contributed by atoms with Crippen LogP contribution in [0.2, 0.25) is 5.02 Å². The van der Waals surface area contributed by atoms with Gasteiger partial charge in [0, 0.05) is 25.3 Å². The molecule has 0 saturated heterocycles. The zero-order valence-electron chi connectivity index (χ0n) is 11.9. The van der Waals surface area contributed by atoms with Crippen LogP contribution in [0, 0.1) is 0 Å². The van der Waals surface area contributed by atoms with E-state index >= 15 is 0 Å². The van der Waals surface area contributed by atoms with Gasteiger partial charge >= 0.3 is 0 Å². The maximum absolute atomic E-state index is 12.6. The Hall–Kier alpha value is -1.00. The van der Waals surface area contributed by atoms with Gasteiger partial charge in [-0.1, -0.05) is 25.4 Å². The summed E-state index contributed by atoms with van der Waals surface area (Å²) >= 11 is 5.98. The molecule has 5 heteroatoms. The fraction of sp³-hybridized carbons (Fsp3) is 0.643. The van der Waals surface area contributed by atoms with E-state index in [0.29, 0.717) is 23.8 Å². The highest BCUT2D eigenvalue weighted by atomic mass is 35.5. The summed E-state index contributed by atoms with van der Waals surface area (Å²) in [5.74, 6) is -0.0588. The average molecular weight is 287 g/mol. The Bertz CT molecular complexity index is 414. The fourth-order valence-electron chi connectivity index (χ4n) is 2.35. The molecular weight excluding hydrogens is 264 g/mol. The lowest BCUT2D eigenvalue weighted by atomic mass is 10.1. The third kappa shape index (κ3) is 3.74. The Morgan fingerprint density at radius 1 is 1.42 bits per heavy atom. The zero-order chi connectivity index (χ0) is 14.4. The van der Waals surface area contributed by atoms with Gasteiger partial charge in [-0.15, -0.1) is 0 Å². The lowest BCUT2D eigenvalue weighted by Gasteiger charge is -2.30. The first-order valence-corrected chi connectivity index (χ1v) is 7.24. The van der Waals surface area contributed by atoms with Gasteiger partial charge in [-0.05, 0) is 25.8 Å². The third-order valence-electron chi connectivity index (χ3n) is 3.41. The third-order valence-corrected chi connectivity index (χ3v) is 3.61. The predicted molar refractivity (Wildman–Crippen MR) is 77.6 cm³/mol. The quantitative estimate of drug-likeness (QED) is 0.838. The van der Waals surface area contributed by atoms with E-state index in [0.717, 1.165) is 12.8 Å². The molecular formula is C14H23ClN2O2. The van der Waals surface area contributed by atoms with Crippen molar-refractivity contribution in [2.24, 2.45) is 0 Å². The number of halogens is 1. The highest BCUT2D eigenvalue weighted by Crippen LogP contribution is 2.19. The monoisotopic (exact) mass is 286 g/mol. The second-order valence-corrected chi connectivity index (χ2v) is 4.96. The minimum Gasteiger partial charge on any atom is -0.395 e. The van der Waals surface area contributed by atoms with Crippen LogP contribution in [-0.2, 0) is 6.54 Å². The molecule has 0 aromatic carbocycles. The van der Waals surface area contributed by atoms with Crippen LogP contribution in [0.3, 0.4) is 0 Å². The SMILES string of the molecule is CCC(CC)N(CCO)C(=O)c1cc(Cl)cn1CC. The first-order valence-electron chi connectivity index (χ1n) is 6.86. The predicted octanol–water partition coefficient (Wildman–Crippen LogP) is 2.78. The average Bonchev–Trinajstić information content (AvgIpc) is 2.79. The molecule has 1 N–H and O–H groups in total. The number of aliphatic hydroxyl groups excluding tert-OH is 1. The summed E-state index contributed by atoms with van der Waals surface area (Å²) in [6, 6.07) is 1.85. The number of aromatic nitrogens is 1. The highest BCUT2D eigenvalue weighted by molar-refractivity contribution is 6.31. The van der Waals surface area contributed by atoms with Crippen molar-refractivity contribution in [2.75, 3.05) is 13.2 Å². The Morgan fingerprint density at radius 3 is 2.53 bits per heavy atom. The second-order valence-electron chi connectivity index (χ2n) is 4.52. The molecule has 0 aliphatic carbocycles. The van der Waals surface area contributed by atoms with Crippen LogP contribution in [0.5, 0.6) is 0 Å². The topological polar surface area (TPSA) is 45.5 Å². The molecule has 4 nitrogen and oxygen atoms in total. The number of hydrogen-bond donors (Lipinski definition) is 1. The molecule has 0 unspecified atom stereocenters. The van der Waals surface area contributed by atoms with Crippen molar-refractivity contribution in [3.05, 3.63) is 23.0 Å². The molecule has 108 valence electrons. The largest absolute Gasteiger partial charge is 0.395 e. The lowest BCUT2D eigenvalue weighted by Crippen LogP contribution is -2.42. The van der Waals surface area contributed by atoms with Crippen molar-refractivity contribution >= 4 is 17.5 Å². The van der Waals surface area contributed by atoms with E-state index in [2.05, 4.69) is 13.8 Å². The first kappa shape index (κ1) is 16.1. The summed E-state index contributed by atoms with van der Waals surface area (Å²) in [4.78, 5) is 14.4. The summed E-state index contributed by atoms with van der Waals surface area (Å²) in [6.07, 6.45) is 3.52. The number of carbonyl (C=O) groups excluding carboxylic acids is 1. The van der Waals surface area contributed by atoms with Crippen molar-refractivity contribution in [1.82, 2.24) is 9.47 Å². The van der Waals surface area contributed by atoms with Gasteiger partial charge in [0.25, 0.3) is 5.91 Å². The van der Waals surface area contributed by atoms with E-state index in [1.54, 1.807) is 17.2 Å². The van der Waals surface area contributed by atoms with E-state index in [1.165, 1.54) is 0 Å². The Kier molecular flexibility index (Phi) is 6.38. The Morgan fingerprint density at radius 2 is 2.05 bits per heavy atom. The highest BCUT2D eigenvalue weighted by Gasteiger charge is 2.24. The molecule has 0 aliphatic heterocycles. The van der Waals surface area contributed by atoms with Gasteiger partial charge in [-0.2, -0.15) is 0 Å². The van der Waals surface area contributed by atoms with Gasteiger partial charge in [0.05, 0.1) is 11.6 Å². The van der Waals surface area contributed by atoms with E-state index in [-0.39, 0.29) is 18.6 Å². The van der Waals surface area contributed by atoms with Gasteiger partial charge in [0.15, 0.2) is 0 Å². The minimum atomic E-state index is -0.0588. The van der Waals surface area contributed by atoms with Crippen molar-refractivity contribution in [2.45, 2.75) is 46.2 Å². The van der Waals surface area contributed by atoms with Crippen LogP contribution in [0.25, 0.3) is 0 Å². The molecule has 19 heavy (non-hydrogen) atoms. The van der Waals surface area contributed by atoms with Crippen LogP contribution in [0.15, 0.2) is 12.3 Å². The van der Waals surface area contributed by atoms with Crippen molar-refractivity contribution in [3.8, 4) is 0 Å². The summed E-state index contributed by atoms with van der Waals surface area (Å²) in [7, 11) is 0. The van der Waals surface area contributed by atoms with Gasteiger partial charge in [0.2, 0.25) is 0 Å². The maximum atomic E-state index is 12.6. The normalized spacial score (nSPS) is 11.1. The Balaban J connectivity index is 3.04. The van der Waals surface area contributed by atoms with Crippen LogP contribution in [0.1, 0.15) is 44.1 Å². The Labute approximate surface area is 120 Å². The number of rotatable bonds is 7. The molecule has 1 amide bonds. The standard InChI is InChI=1S/C14H23ClN2O2/c1-4-12(5-2)17(7-8-18)14(19)13-9-11(15)10-16(13)6-3/h9-10,12,18H,4-8H2,1-3H3. The van der Waals surface area contributed by atoms with Gasteiger partial charge in [-0.25, -0.2) is 0 Å². The number of amides is 1. The van der Waals surface area contributed by atoms with E-state index in [9.17, 15) is 9.90 Å². The fourth-order valence-corrected chi connectivity index (χ4v) is 2.57. The molecule has 0 bridgehead atoms. The van der Waals surface area contributed by atoms with Crippen LogP contribution < -0.4 is 0 Å². The molecule has 1 rings (SSSR count).